The Morgan fingerprint density at radius 3 is 2.52 bits per heavy atom. The fourth-order valence-corrected chi connectivity index (χ4v) is 2.40. The molecule has 0 saturated carbocycles. The van der Waals surface area contributed by atoms with Crippen LogP contribution in [0.5, 0.6) is 11.5 Å². The summed E-state index contributed by atoms with van der Waals surface area (Å²) in [6.07, 6.45) is 0. The highest BCUT2D eigenvalue weighted by atomic mass is 35.5. The molecule has 0 fully saturated rings. The molecule has 0 radical (unpaired) electrons. The van der Waals surface area contributed by atoms with E-state index in [0.29, 0.717) is 41.5 Å². The second-order valence-corrected chi connectivity index (χ2v) is 6.39. The highest BCUT2D eigenvalue weighted by Crippen LogP contribution is 2.27. The smallest absolute Gasteiger partial charge is 0.142 e. The van der Waals surface area contributed by atoms with E-state index in [1.54, 1.807) is 18.2 Å². The van der Waals surface area contributed by atoms with Gasteiger partial charge in [-0.1, -0.05) is 49.2 Å². The van der Waals surface area contributed by atoms with Crippen LogP contribution in [0.3, 0.4) is 0 Å². The summed E-state index contributed by atoms with van der Waals surface area (Å²) in [5.74, 6) is 1.96. The van der Waals surface area contributed by atoms with E-state index in [9.17, 15) is 0 Å². The molecule has 1 N–H and O–H groups in total. The Morgan fingerprint density at radius 1 is 1.00 bits per heavy atom. The van der Waals surface area contributed by atoms with Crippen molar-refractivity contribution < 1.29 is 9.47 Å². The topological polar surface area (TPSA) is 30.5 Å². The molecule has 0 unspecified atom stereocenters. The van der Waals surface area contributed by atoms with Crippen molar-refractivity contribution >= 4 is 28.9 Å². The lowest BCUT2D eigenvalue weighted by molar-refractivity contribution is 0.272. The molecule has 0 spiro atoms. The predicted molar refractivity (Wildman–Crippen MR) is 97.2 cm³/mol. The maximum Gasteiger partial charge on any atom is 0.142 e. The van der Waals surface area contributed by atoms with Crippen LogP contribution in [0, 0.1) is 5.92 Å². The molecule has 0 aliphatic rings. The third kappa shape index (κ3) is 5.85. The molecule has 2 aromatic rings. The van der Waals surface area contributed by atoms with Gasteiger partial charge in [0.1, 0.15) is 18.1 Å². The summed E-state index contributed by atoms with van der Waals surface area (Å²) >= 11 is 11.9. The van der Waals surface area contributed by atoms with Gasteiger partial charge < -0.3 is 14.8 Å². The van der Waals surface area contributed by atoms with Gasteiger partial charge in [0.2, 0.25) is 0 Å². The van der Waals surface area contributed by atoms with Crippen LogP contribution in [0.25, 0.3) is 0 Å². The minimum atomic E-state index is 0.485. The number of para-hydroxylation sites is 2. The summed E-state index contributed by atoms with van der Waals surface area (Å²) in [6, 6.07) is 13.1. The highest BCUT2D eigenvalue weighted by molar-refractivity contribution is 6.35. The number of halogens is 2. The van der Waals surface area contributed by atoms with Gasteiger partial charge in [-0.25, -0.2) is 0 Å². The van der Waals surface area contributed by atoms with Crippen LogP contribution in [0.4, 0.5) is 5.69 Å². The molecule has 0 atom stereocenters. The quantitative estimate of drug-likeness (QED) is 0.633. The number of benzene rings is 2. The van der Waals surface area contributed by atoms with E-state index < -0.39 is 0 Å². The zero-order valence-electron chi connectivity index (χ0n) is 13.3. The normalized spacial score (nSPS) is 10.7. The first-order chi connectivity index (χ1) is 11.1. The molecular weight excluding hydrogens is 333 g/mol. The highest BCUT2D eigenvalue weighted by Gasteiger charge is 2.05. The molecule has 3 nitrogen and oxygen atoms in total. The molecule has 5 heteroatoms. The minimum Gasteiger partial charge on any atom is -0.491 e. The molecule has 124 valence electrons. The average molecular weight is 354 g/mol. The van der Waals surface area contributed by atoms with Crippen LogP contribution < -0.4 is 14.8 Å². The molecule has 0 bridgehead atoms. The van der Waals surface area contributed by atoms with E-state index in [4.69, 9.17) is 32.7 Å². The molecule has 23 heavy (non-hydrogen) atoms. The molecule has 2 rings (SSSR count). The molecule has 2 aromatic carbocycles. The van der Waals surface area contributed by atoms with Crippen LogP contribution in [0.15, 0.2) is 42.5 Å². The van der Waals surface area contributed by atoms with Crippen molar-refractivity contribution in [3.05, 3.63) is 52.5 Å². The first-order valence-corrected chi connectivity index (χ1v) is 8.35. The van der Waals surface area contributed by atoms with Crippen LogP contribution >= 0.6 is 23.2 Å². The largest absolute Gasteiger partial charge is 0.491 e. The van der Waals surface area contributed by atoms with Gasteiger partial charge in [0, 0.05) is 11.6 Å². The van der Waals surface area contributed by atoms with E-state index in [2.05, 4.69) is 19.2 Å². The summed E-state index contributed by atoms with van der Waals surface area (Å²) in [5, 5.41) is 4.43. The Balaban J connectivity index is 1.84. The standard InChI is InChI=1S/C18H21Cl2NO2/c1-13(2)12-23-18-6-4-3-5-16(18)21-9-10-22-17-8-7-14(19)11-15(17)20/h3-8,11,13,21H,9-10,12H2,1-2H3. The van der Waals surface area contributed by atoms with Crippen LogP contribution in [0.2, 0.25) is 10.0 Å². The van der Waals surface area contributed by atoms with Crippen molar-refractivity contribution in [2.24, 2.45) is 5.92 Å². The molecule has 0 saturated heterocycles. The number of anilines is 1. The number of hydrogen-bond acceptors (Lipinski definition) is 3. The zero-order valence-corrected chi connectivity index (χ0v) is 14.8. The van der Waals surface area contributed by atoms with Crippen molar-refractivity contribution in [1.29, 1.82) is 0 Å². The summed E-state index contributed by atoms with van der Waals surface area (Å²) in [7, 11) is 0. The predicted octanol–water partition coefficient (Wildman–Crippen LogP) is 5.52. The van der Waals surface area contributed by atoms with Crippen molar-refractivity contribution in [1.82, 2.24) is 0 Å². The third-order valence-corrected chi connectivity index (χ3v) is 3.56. The number of ether oxygens (including phenoxy) is 2. The van der Waals surface area contributed by atoms with Gasteiger partial charge >= 0.3 is 0 Å². The van der Waals surface area contributed by atoms with Crippen molar-refractivity contribution in [3.63, 3.8) is 0 Å². The molecule has 0 aromatic heterocycles. The van der Waals surface area contributed by atoms with Crippen LogP contribution in [0.1, 0.15) is 13.8 Å². The maximum absolute atomic E-state index is 6.07. The Morgan fingerprint density at radius 2 is 1.78 bits per heavy atom. The lowest BCUT2D eigenvalue weighted by atomic mass is 10.2. The second kappa shape index (κ2) is 8.90. The minimum absolute atomic E-state index is 0.485. The van der Waals surface area contributed by atoms with Gasteiger partial charge in [-0.15, -0.1) is 0 Å². The Hall–Kier alpha value is -1.58. The van der Waals surface area contributed by atoms with Gasteiger partial charge in [0.05, 0.1) is 17.3 Å². The van der Waals surface area contributed by atoms with Gasteiger partial charge in [0.15, 0.2) is 0 Å². The lowest BCUT2D eigenvalue weighted by Crippen LogP contribution is -2.13. The first-order valence-electron chi connectivity index (χ1n) is 7.60. The van der Waals surface area contributed by atoms with Gasteiger partial charge in [-0.3, -0.25) is 0 Å². The van der Waals surface area contributed by atoms with E-state index in [1.807, 2.05) is 24.3 Å². The monoisotopic (exact) mass is 353 g/mol. The van der Waals surface area contributed by atoms with E-state index in [-0.39, 0.29) is 0 Å². The fraction of sp³-hybridized carbons (Fsp3) is 0.333. The van der Waals surface area contributed by atoms with Crippen LogP contribution in [-0.2, 0) is 0 Å². The third-order valence-electron chi connectivity index (χ3n) is 3.03. The molecule has 0 heterocycles. The Bertz CT molecular complexity index is 632. The SMILES string of the molecule is CC(C)COc1ccccc1NCCOc1ccc(Cl)cc1Cl. The second-order valence-electron chi connectivity index (χ2n) is 5.55. The summed E-state index contributed by atoms with van der Waals surface area (Å²) < 4.78 is 11.5. The van der Waals surface area contributed by atoms with Gasteiger partial charge in [0.25, 0.3) is 0 Å². The Labute approximate surface area is 147 Å². The number of rotatable bonds is 8. The first kappa shape index (κ1) is 17.8. The van der Waals surface area contributed by atoms with Gasteiger partial charge in [-0.05, 0) is 36.2 Å². The molecular formula is C18H21Cl2NO2. The fourth-order valence-electron chi connectivity index (χ4n) is 1.93. The number of nitrogens with one attached hydrogen (secondary N) is 1. The van der Waals surface area contributed by atoms with E-state index >= 15 is 0 Å². The summed E-state index contributed by atoms with van der Waals surface area (Å²) in [4.78, 5) is 0. The van der Waals surface area contributed by atoms with Crippen molar-refractivity contribution in [2.45, 2.75) is 13.8 Å². The van der Waals surface area contributed by atoms with E-state index in [0.717, 1.165) is 11.4 Å². The van der Waals surface area contributed by atoms with Crippen molar-refractivity contribution in [3.8, 4) is 11.5 Å². The number of hydrogen-bond donors (Lipinski definition) is 1. The summed E-state index contributed by atoms with van der Waals surface area (Å²) in [6.45, 7) is 6.07. The molecule has 0 amide bonds. The summed E-state index contributed by atoms with van der Waals surface area (Å²) in [5.41, 5.74) is 0.957. The van der Waals surface area contributed by atoms with Crippen molar-refractivity contribution in [2.75, 3.05) is 25.1 Å². The lowest BCUT2D eigenvalue weighted by Gasteiger charge is -2.15. The molecule has 0 aliphatic heterocycles. The maximum atomic E-state index is 6.07. The average Bonchev–Trinajstić information content (AvgIpc) is 2.52. The Kier molecular flexibility index (Phi) is 6.87. The van der Waals surface area contributed by atoms with E-state index in [1.165, 1.54) is 0 Å². The molecule has 0 aliphatic carbocycles. The van der Waals surface area contributed by atoms with Gasteiger partial charge in [-0.2, -0.15) is 0 Å². The van der Waals surface area contributed by atoms with Crippen LogP contribution in [-0.4, -0.2) is 19.8 Å². The zero-order chi connectivity index (χ0) is 16.7.